The van der Waals surface area contributed by atoms with Gasteiger partial charge in [-0.15, -0.1) is 0 Å². The van der Waals surface area contributed by atoms with Gasteiger partial charge in [-0.2, -0.15) is 0 Å². The van der Waals surface area contributed by atoms with E-state index in [1.54, 1.807) is 6.07 Å². The molecular formula is C10H12O4S. The molecule has 4 nitrogen and oxygen atoms in total. The summed E-state index contributed by atoms with van der Waals surface area (Å²) in [5.74, 6) is -0.296. The predicted octanol–water partition coefficient (Wildman–Crippen LogP) is 0.777. The van der Waals surface area contributed by atoms with Crippen molar-refractivity contribution in [2.75, 3.05) is 6.26 Å². The monoisotopic (exact) mass is 228 g/mol. The predicted molar refractivity (Wildman–Crippen MR) is 54.3 cm³/mol. The van der Waals surface area contributed by atoms with Crippen molar-refractivity contribution in [3.63, 3.8) is 0 Å². The van der Waals surface area contributed by atoms with Crippen LogP contribution in [0, 0.1) is 0 Å². The molecule has 0 unspecified atom stereocenters. The minimum absolute atomic E-state index is 0.101. The fourth-order valence-corrected chi connectivity index (χ4v) is 2.28. The highest BCUT2D eigenvalue weighted by molar-refractivity contribution is 7.90. The van der Waals surface area contributed by atoms with Crippen LogP contribution >= 0.6 is 0 Å². The Morgan fingerprint density at radius 2 is 1.93 bits per heavy atom. The first-order valence-electron chi connectivity index (χ1n) is 4.59. The van der Waals surface area contributed by atoms with Crippen molar-refractivity contribution in [3.8, 4) is 5.75 Å². The molecule has 5 heteroatoms. The van der Waals surface area contributed by atoms with Gasteiger partial charge in [-0.25, -0.2) is 8.42 Å². The largest absolute Gasteiger partial charge is 0.507 e. The number of sulfone groups is 1. The van der Waals surface area contributed by atoms with Gasteiger partial charge in [-0.1, -0.05) is 6.07 Å². The molecule has 2 rings (SSSR count). The van der Waals surface area contributed by atoms with Crippen LogP contribution in [0.4, 0.5) is 0 Å². The molecule has 1 aliphatic rings. The maximum Gasteiger partial charge on any atom is 0.179 e. The summed E-state index contributed by atoms with van der Waals surface area (Å²) in [5.41, 5.74) is -0.277. The van der Waals surface area contributed by atoms with Gasteiger partial charge in [0.1, 0.15) is 10.6 Å². The molecule has 0 aliphatic heterocycles. The van der Waals surface area contributed by atoms with E-state index in [-0.39, 0.29) is 10.6 Å². The zero-order valence-electron chi connectivity index (χ0n) is 8.27. The normalized spacial score (nSPS) is 18.8. The lowest BCUT2D eigenvalue weighted by Crippen LogP contribution is -2.05. The Balaban J connectivity index is 2.49. The van der Waals surface area contributed by atoms with E-state index in [1.165, 1.54) is 12.1 Å². The number of phenolic OH excluding ortho intramolecular Hbond substituents is 1. The summed E-state index contributed by atoms with van der Waals surface area (Å²) in [5, 5.41) is 19.3. The van der Waals surface area contributed by atoms with Crippen LogP contribution in [0.2, 0.25) is 0 Å². The highest BCUT2D eigenvalue weighted by atomic mass is 32.2. The molecule has 0 aromatic heterocycles. The molecule has 0 radical (unpaired) electrons. The number of aromatic hydroxyl groups is 1. The van der Waals surface area contributed by atoms with E-state index in [2.05, 4.69) is 0 Å². The summed E-state index contributed by atoms with van der Waals surface area (Å²) in [6.45, 7) is 0. The number of rotatable bonds is 2. The molecular weight excluding hydrogens is 216 g/mol. The lowest BCUT2D eigenvalue weighted by Gasteiger charge is -2.10. The quantitative estimate of drug-likeness (QED) is 0.784. The number of hydrogen-bond donors (Lipinski definition) is 2. The molecule has 82 valence electrons. The Bertz CT molecular complexity index is 500. The van der Waals surface area contributed by atoms with E-state index in [9.17, 15) is 18.6 Å². The fourth-order valence-electron chi connectivity index (χ4n) is 1.53. The van der Waals surface area contributed by atoms with Crippen LogP contribution in [0.3, 0.4) is 0 Å². The van der Waals surface area contributed by atoms with Crippen LogP contribution in [0.15, 0.2) is 23.1 Å². The van der Waals surface area contributed by atoms with Gasteiger partial charge in [0.05, 0.1) is 5.60 Å². The molecule has 1 aliphatic carbocycles. The van der Waals surface area contributed by atoms with Gasteiger partial charge in [-0.05, 0) is 30.5 Å². The second-order valence-electron chi connectivity index (χ2n) is 3.99. The van der Waals surface area contributed by atoms with Crippen molar-refractivity contribution >= 4 is 9.84 Å². The Morgan fingerprint density at radius 3 is 2.33 bits per heavy atom. The lowest BCUT2D eigenvalue weighted by molar-refractivity contribution is 0.151. The maximum absolute atomic E-state index is 11.2. The average Bonchev–Trinajstić information content (AvgIpc) is 2.82. The summed E-state index contributed by atoms with van der Waals surface area (Å²) in [4.78, 5) is -0.101. The second-order valence-corrected chi connectivity index (χ2v) is 5.97. The summed E-state index contributed by atoms with van der Waals surface area (Å²) < 4.78 is 22.4. The molecule has 1 saturated carbocycles. The van der Waals surface area contributed by atoms with Crippen molar-refractivity contribution in [2.24, 2.45) is 0 Å². The molecule has 0 amide bonds. The molecule has 2 N–H and O–H groups in total. The highest BCUT2D eigenvalue weighted by Crippen LogP contribution is 2.46. The molecule has 0 atom stereocenters. The summed E-state index contributed by atoms with van der Waals surface area (Å²) in [6, 6.07) is 4.20. The van der Waals surface area contributed by atoms with E-state index in [0.29, 0.717) is 18.4 Å². The third-order valence-corrected chi connectivity index (χ3v) is 3.76. The van der Waals surface area contributed by atoms with Crippen LogP contribution < -0.4 is 0 Å². The number of benzene rings is 1. The molecule has 0 heterocycles. The second kappa shape index (κ2) is 2.96. The third-order valence-electron chi connectivity index (χ3n) is 2.62. The Labute approximate surface area is 88.1 Å². The van der Waals surface area contributed by atoms with Gasteiger partial charge >= 0.3 is 0 Å². The van der Waals surface area contributed by atoms with E-state index in [0.717, 1.165) is 6.26 Å². The van der Waals surface area contributed by atoms with Crippen LogP contribution in [0.25, 0.3) is 0 Å². The lowest BCUT2D eigenvalue weighted by atomic mass is 10.1. The van der Waals surface area contributed by atoms with Gasteiger partial charge in [-0.3, -0.25) is 0 Å². The third kappa shape index (κ3) is 1.85. The van der Waals surface area contributed by atoms with Gasteiger partial charge in [0.2, 0.25) is 0 Å². The first-order chi connectivity index (χ1) is 6.83. The van der Waals surface area contributed by atoms with Crippen molar-refractivity contribution in [1.82, 2.24) is 0 Å². The summed E-state index contributed by atoms with van der Waals surface area (Å²) >= 11 is 0. The molecule has 1 fully saturated rings. The Kier molecular flexibility index (Phi) is 2.06. The smallest absolute Gasteiger partial charge is 0.179 e. The summed E-state index contributed by atoms with van der Waals surface area (Å²) in [7, 11) is -3.41. The topological polar surface area (TPSA) is 74.6 Å². The van der Waals surface area contributed by atoms with Crippen LogP contribution in [-0.4, -0.2) is 24.9 Å². The molecule has 0 bridgehead atoms. The van der Waals surface area contributed by atoms with Crippen molar-refractivity contribution in [1.29, 1.82) is 0 Å². The number of hydrogen-bond acceptors (Lipinski definition) is 4. The van der Waals surface area contributed by atoms with E-state index >= 15 is 0 Å². The van der Waals surface area contributed by atoms with Crippen molar-refractivity contribution in [3.05, 3.63) is 23.8 Å². The van der Waals surface area contributed by atoms with Gasteiger partial charge < -0.3 is 10.2 Å². The molecule has 0 spiro atoms. The Hall–Kier alpha value is -1.07. The van der Waals surface area contributed by atoms with Crippen LogP contribution in [0.1, 0.15) is 18.4 Å². The SMILES string of the molecule is CS(=O)(=O)c1ccc(C2(O)CC2)cc1O. The minimum atomic E-state index is -3.41. The standard InChI is InChI=1S/C10H12O4S/c1-15(13,14)9-3-2-7(6-8(9)11)10(12)4-5-10/h2-3,6,11-12H,4-5H2,1H3. The van der Waals surface area contributed by atoms with Gasteiger partial charge in [0, 0.05) is 6.26 Å². The highest BCUT2D eigenvalue weighted by Gasteiger charge is 2.42. The van der Waals surface area contributed by atoms with Gasteiger partial charge in [0.25, 0.3) is 0 Å². The van der Waals surface area contributed by atoms with Crippen LogP contribution in [0.5, 0.6) is 5.75 Å². The minimum Gasteiger partial charge on any atom is -0.507 e. The average molecular weight is 228 g/mol. The maximum atomic E-state index is 11.2. The first kappa shape index (κ1) is 10.4. The molecule has 0 saturated heterocycles. The summed E-state index contributed by atoms with van der Waals surface area (Å²) in [6.07, 6.45) is 2.35. The fraction of sp³-hybridized carbons (Fsp3) is 0.400. The molecule has 1 aromatic rings. The zero-order valence-corrected chi connectivity index (χ0v) is 9.08. The molecule has 15 heavy (non-hydrogen) atoms. The zero-order chi connectivity index (χ0) is 11.3. The number of aliphatic hydroxyl groups is 1. The molecule has 1 aromatic carbocycles. The van der Waals surface area contributed by atoms with Crippen LogP contribution in [-0.2, 0) is 15.4 Å². The van der Waals surface area contributed by atoms with E-state index < -0.39 is 15.4 Å². The van der Waals surface area contributed by atoms with Crippen molar-refractivity contribution < 1.29 is 18.6 Å². The van der Waals surface area contributed by atoms with Crippen molar-refractivity contribution in [2.45, 2.75) is 23.3 Å². The first-order valence-corrected chi connectivity index (χ1v) is 6.48. The Morgan fingerprint density at radius 1 is 1.33 bits per heavy atom. The van der Waals surface area contributed by atoms with E-state index in [4.69, 9.17) is 0 Å². The van der Waals surface area contributed by atoms with Gasteiger partial charge in [0.15, 0.2) is 9.84 Å². The van der Waals surface area contributed by atoms with E-state index in [1.807, 2.05) is 0 Å². The number of phenols is 1.